The molecule has 0 aromatic rings. The van der Waals surface area contributed by atoms with Gasteiger partial charge in [0.2, 0.25) is 0 Å². The van der Waals surface area contributed by atoms with Gasteiger partial charge in [-0.1, -0.05) is 6.58 Å². The third-order valence-electron chi connectivity index (χ3n) is 1.54. The van der Waals surface area contributed by atoms with Gasteiger partial charge in [0.25, 0.3) is 0 Å². The third-order valence-corrected chi connectivity index (χ3v) is 1.54. The smallest absolute Gasteiger partial charge is 0.407 e. The molecule has 3 N–H and O–H groups in total. The van der Waals surface area contributed by atoms with Gasteiger partial charge < -0.3 is 20.5 Å². The minimum Gasteiger partial charge on any atom is -0.500 e. The number of nitrogens with two attached hydrogens (primary N) is 1. The van der Waals surface area contributed by atoms with Crippen molar-refractivity contribution in [1.82, 2.24) is 5.32 Å². The lowest BCUT2D eigenvalue weighted by Crippen LogP contribution is -2.41. The summed E-state index contributed by atoms with van der Waals surface area (Å²) in [5, 5.41) is 2.53. The van der Waals surface area contributed by atoms with Gasteiger partial charge in [-0.25, -0.2) is 4.79 Å². The lowest BCUT2D eigenvalue weighted by Gasteiger charge is -2.21. The van der Waals surface area contributed by atoms with Crippen molar-refractivity contribution in [2.45, 2.75) is 32.4 Å². The second kappa shape index (κ2) is 5.60. The molecule has 15 heavy (non-hydrogen) atoms. The van der Waals surface area contributed by atoms with E-state index in [1.807, 2.05) is 0 Å². The first-order valence-corrected chi connectivity index (χ1v) is 4.71. The fourth-order valence-electron chi connectivity index (χ4n) is 0.773. The van der Waals surface area contributed by atoms with Crippen LogP contribution in [0.25, 0.3) is 0 Å². The minimum absolute atomic E-state index is 0.238. The van der Waals surface area contributed by atoms with Crippen LogP contribution in [0.5, 0.6) is 0 Å². The van der Waals surface area contributed by atoms with Crippen LogP contribution in [-0.2, 0) is 9.47 Å². The largest absolute Gasteiger partial charge is 0.500 e. The molecule has 1 unspecified atom stereocenters. The molecular formula is C10H20N2O3. The van der Waals surface area contributed by atoms with Crippen LogP contribution in [0.2, 0.25) is 0 Å². The van der Waals surface area contributed by atoms with Gasteiger partial charge in [-0.05, 0) is 20.8 Å². The van der Waals surface area contributed by atoms with E-state index in [-0.39, 0.29) is 6.54 Å². The van der Waals surface area contributed by atoms with Gasteiger partial charge >= 0.3 is 6.09 Å². The molecule has 0 spiro atoms. The fraction of sp³-hybridized carbons (Fsp3) is 0.700. The van der Waals surface area contributed by atoms with Crippen LogP contribution in [0.3, 0.4) is 0 Å². The van der Waals surface area contributed by atoms with Crippen molar-refractivity contribution < 1.29 is 14.3 Å². The van der Waals surface area contributed by atoms with E-state index < -0.39 is 17.7 Å². The third kappa shape index (κ3) is 6.79. The Balaban J connectivity index is 3.86. The summed E-state index contributed by atoms with van der Waals surface area (Å²) in [4.78, 5) is 11.2. The molecule has 0 aliphatic rings. The zero-order chi connectivity index (χ0) is 12.1. The van der Waals surface area contributed by atoms with Gasteiger partial charge in [0.15, 0.2) is 0 Å². The van der Waals surface area contributed by atoms with Gasteiger partial charge in [-0.3, -0.25) is 0 Å². The van der Waals surface area contributed by atoms with E-state index in [1.165, 1.54) is 7.11 Å². The molecule has 0 aliphatic carbocycles. The predicted molar refractivity (Wildman–Crippen MR) is 58.4 cm³/mol. The van der Waals surface area contributed by atoms with Crippen molar-refractivity contribution in [3.05, 3.63) is 12.3 Å². The van der Waals surface area contributed by atoms with Crippen molar-refractivity contribution in [1.29, 1.82) is 0 Å². The summed E-state index contributed by atoms with van der Waals surface area (Å²) in [6.45, 7) is 9.20. The lowest BCUT2D eigenvalue weighted by molar-refractivity contribution is 0.0524. The zero-order valence-electron chi connectivity index (χ0n) is 9.79. The molecular weight excluding hydrogens is 196 g/mol. The maximum Gasteiger partial charge on any atom is 0.407 e. The topological polar surface area (TPSA) is 73.6 Å². The van der Waals surface area contributed by atoms with Crippen LogP contribution >= 0.6 is 0 Å². The molecule has 5 heteroatoms. The molecule has 0 saturated heterocycles. The highest BCUT2D eigenvalue weighted by atomic mass is 16.6. The quantitative estimate of drug-likeness (QED) is 0.687. The maximum atomic E-state index is 11.2. The second-order valence-electron chi connectivity index (χ2n) is 4.16. The molecule has 1 amide bonds. The molecule has 88 valence electrons. The number of hydrogen-bond donors (Lipinski definition) is 2. The van der Waals surface area contributed by atoms with Crippen LogP contribution in [0, 0.1) is 0 Å². The number of amides is 1. The Kier molecular flexibility index (Phi) is 5.14. The van der Waals surface area contributed by atoms with E-state index in [1.54, 1.807) is 20.8 Å². The lowest BCUT2D eigenvalue weighted by atomic mass is 10.2. The van der Waals surface area contributed by atoms with Gasteiger partial charge in [0.1, 0.15) is 11.4 Å². The maximum absolute atomic E-state index is 11.2. The van der Waals surface area contributed by atoms with Crippen LogP contribution in [0.1, 0.15) is 20.8 Å². The van der Waals surface area contributed by atoms with Crippen molar-refractivity contribution in [2.75, 3.05) is 13.7 Å². The zero-order valence-corrected chi connectivity index (χ0v) is 9.79. The Bertz CT molecular complexity index is 233. The highest BCUT2D eigenvalue weighted by Gasteiger charge is 2.17. The molecule has 0 aromatic heterocycles. The Labute approximate surface area is 90.6 Å². The highest BCUT2D eigenvalue weighted by Crippen LogP contribution is 2.06. The van der Waals surface area contributed by atoms with Crippen LogP contribution < -0.4 is 11.1 Å². The standard InChI is InChI=1S/C10H20N2O3/c1-7(14-5)8(11)6-12-9(13)15-10(2,3)4/h8H,1,6,11H2,2-5H3,(H,12,13). The Morgan fingerprint density at radius 1 is 1.53 bits per heavy atom. The summed E-state index contributed by atoms with van der Waals surface area (Å²) in [5.41, 5.74) is 5.14. The molecule has 0 radical (unpaired) electrons. The summed E-state index contributed by atoms with van der Waals surface area (Å²) in [6, 6.07) is -0.428. The van der Waals surface area contributed by atoms with Crippen LogP contribution in [-0.4, -0.2) is 31.4 Å². The van der Waals surface area contributed by atoms with E-state index in [4.69, 9.17) is 15.2 Å². The van der Waals surface area contributed by atoms with Crippen molar-refractivity contribution >= 4 is 6.09 Å². The summed E-state index contributed by atoms with van der Waals surface area (Å²) in [7, 11) is 1.48. The summed E-state index contributed by atoms with van der Waals surface area (Å²) < 4.78 is 9.86. The number of rotatable bonds is 4. The van der Waals surface area contributed by atoms with Gasteiger partial charge in [0, 0.05) is 6.54 Å². The van der Waals surface area contributed by atoms with Crippen molar-refractivity contribution in [2.24, 2.45) is 5.73 Å². The molecule has 0 aromatic carbocycles. The van der Waals surface area contributed by atoms with E-state index >= 15 is 0 Å². The minimum atomic E-state index is -0.507. The predicted octanol–water partition coefficient (Wildman–Crippen LogP) is 0.998. The molecule has 0 saturated carbocycles. The van der Waals surface area contributed by atoms with Crippen LogP contribution in [0.15, 0.2) is 12.3 Å². The number of hydrogen-bond acceptors (Lipinski definition) is 4. The Hall–Kier alpha value is -1.23. The number of carbonyl (C=O) groups is 1. The Morgan fingerprint density at radius 2 is 2.07 bits per heavy atom. The molecule has 0 rings (SSSR count). The number of ether oxygens (including phenoxy) is 2. The van der Waals surface area contributed by atoms with Crippen molar-refractivity contribution in [3.63, 3.8) is 0 Å². The molecule has 5 nitrogen and oxygen atoms in total. The number of methoxy groups -OCH3 is 1. The van der Waals surface area contributed by atoms with Gasteiger partial charge in [0.05, 0.1) is 13.2 Å². The SMILES string of the molecule is C=C(OC)C(N)CNC(=O)OC(C)(C)C. The monoisotopic (exact) mass is 216 g/mol. The number of nitrogens with one attached hydrogen (secondary N) is 1. The molecule has 0 fully saturated rings. The molecule has 0 aliphatic heterocycles. The van der Waals surface area contributed by atoms with Gasteiger partial charge in [-0.2, -0.15) is 0 Å². The molecule has 0 bridgehead atoms. The second-order valence-corrected chi connectivity index (χ2v) is 4.16. The van der Waals surface area contributed by atoms with Gasteiger partial charge in [-0.15, -0.1) is 0 Å². The fourth-order valence-corrected chi connectivity index (χ4v) is 0.773. The van der Waals surface area contributed by atoms with E-state index in [0.29, 0.717) is 5.76 Å². The highest BCUT2D eigenvalue weighted by molar-refractivity contribution is 5.67. The summed E-state index contributed by atoms with van der Waals surface area (Å²) in [5.74, 6) is 0.422. The summed E-state index contributed by atoms with van der Waals surface area (Å²) >= 11 is 0. The van der Waals surface area contributed by atoms with E-state index in [2.05, 4.69) is 11.9 Å². The number of alkyl carbamates (subject to hydrolysis) is 1. The first-order valence-electron chi connectivity index (χ1n) is 4.71. The first kappa shape index (κ1) is 13.8. The normalized spacial score (nSPS) is 12.9. The van der Waals surface area contributed by atoms with Crippen molar-refractivity contribution in [3.8, 4) is 0 Å². The summed E-state index contributed by atoms with van der Waals surface area (Å²) in [6.07, 6.45) is -0.498. The molecule has 1 atom stereocenters. The van der Waals surface area contributed by atoms with Crippen LogP contribution in [0.4, 0.5) is 4.79 Å². The average molecular weight is 216 g/mol. The Morgan fingerprint density at radius 3 is 2.47 bits per heavy atom. The average Bonchev–Trinajstić information content (AvgIpc) is 2.10. The number of carbonyl (C=O) groups excluding carboxylic acids is 1. The first-order chi connectivity index (χ1) is 6.76. The molecule has 0 heterocycles. The van der Waals surface area contributed by atoms with E-state index in [9.17, 15) is 4.79 Å². The van der Waals surface area contributed by atoms with E-state index in [0.717, 1.165) is 0 Å².